The van der Waals surface area contributed by atoms with Gasteiger partial charge in [-0.2, -0.15) is 0 Å². The van der Waals surface area contributed by atoms with Gasteiger partial charge in [-0.05, 0) is 106 Å². The maximum Gasteiger partial charge on any atom is 0.122 e. The molecule has 2 N–H and O–H groups in total. The molecule has 1 atom stereocenters. The van der Waals surface area contributed by atoms with Crippen molar-refractivity contribution >= 4 is 24.8 Å². The van der Waals surface area contributed by atoms with Gasteiger partial charge in [0.2, 0.25) is 0 Å². The van der Waals surface area contributed by atoms with Gasteiger partial charge < -0.3 is 24.8 Å². The van der Waals surface area contributed by atoms with E-state index < -0.39 is 6.10 Å². The number of β-amino-alcohol motifs (C(OH)–C–C–N with tert-alkyl or cyclic N) is 1. The number of rotatable bonds is 10. The molecule has 0 aliphatic carbocycles. The van der Waals surface area contributed by atoms with E-state index >= 15 is 0 Å². The normalized spacial score (nSPS) is 18.2. The topological polar surface area (TPSA) is 54.0 Å². The first-order valence-corrected chi connectivity index (χ1v) is 12.7. The summed E-state index contributed by atoms with van der Waals surface area (Å²) >= 11 is 0. The van der Waals surface area contributed by atoms with Crippen molar-refractivity contribution in [2.75, 3.05) is 46.4 Å². The Kier molecular flexibility index (Phi) is 13.2. The van der Waals surface area contributed by atoms with Gasteiger partial charge in [0, 0.05) is 6.54 Å². The van der Waals surface area contributed by atoms with Crippen molar-refractivity contribution < 1.29 is 14.6 Å². The van der Waals surface area contributed by atoms with Crippen LogP contribution < -0.4 is 14.8 Å². The summed E-state index contributed by atoms with van der Waals surface area (Å²) in [7, 11) is 1.70. The van der Waals surface area contributed by atoms with Crippen molar-refractivity contribution in [1.82, 2.24) is 10.2 Å². The second-order valence-corrected chi connectivity index (χ2v) is 9.65. The van der Waals surface area contributed by atoms with Gasteiger partial charge in [-0.15, -0.1) is 24.8 Å². The van der Waals surface area contributed by atoms with E-state index in [4.69, 9.17) is 9.47 Å². The second kappa shape index (κ2) is 15.6. The van der Waals surface area contributed by atoms with Crippen molar-refractivity contribution in [2.24, 2.45) is 11.8 Å². The fourth-order valence-electron chi connectivity index (χ4n) is 5.42. The number of aliphatic hydroxyl groups is 1. The predicted molar refractivity (Wildman–Crippen MR) is 148 cm³/mol. The molecule has 2 aromatic carbocycles. The number of piperidine rings is 2. The van der Waals surface area contributed by atoms with E-state index in [1.807, 2.05) is 24.3 Å². The largest absolute Gasteiger partial charge is 0.497 e. The van der Waals surface area contributed by atoms with E-state index in [0.717, 1.165) is 49.3 Å². The average molecular weight is 526 g/mol. The summed E-state index contributed by atoms with van der Waals surface area (Å²) in [6.45, 7) is 5.60. The first kappa shape index (κ1) is 29.7. The Hall–Kier alpha value is -1.50. The van der Waals surface area contributed by atoms with Crippen LogP contribution >= 0.6 is 24.8 Å². The van der Waals surface area contributed by atoms with Crippen molar-refractivity contribution in [3.63, 3.8) is 0 Å². The van der Waals surface area contributed by atoms with Crippen LogP contribution in [0.25, 0.3) is 0 Å². The quantitative estimate of drug-likeness (QED) is 0.468. The molecule has 2 aliphatic heterocycles. The molecule has 1 unspecified atom stereocenters. The molecule has 0 saturated carbocycles. The lowest BCUT2D eigenvalue weighted by Crippen LogP contribution is -2.43. The van der Waals surface area contributed by atoms with Crippen LogP contribution in [-0.4, -0.2) is 62.6 Å². The number of aryl methyl sites for hydroxylation is 2. The number of benzene rings is 2. The SMILES string of the molecule is COc1cccc(CCc2ccccc2OCC(O)CN2CCC(C3CCNCC3)CC2)c1.Cl.Cl. The lowest BCUT2D eigenvalue weighted by molar-refractivity contribution is 0.0468. The minimum absolute atomic E-state index is 0. The van der Waals surface area contributed by atoms with E-state index in [1.165, 1.54) is 49.9 Å². The van der Waals surface area contributed by atoms with Crippen LogP contribution in [0.3, 0.4) is 0 Å². The number of likely N-dealkylation sites (tertiary alicyclic amines) is 1. The summed E-state index contributed by atoms with van der Waals surface area (Å²) in [5.41, 5.74) is 2.42. The minimum atomic E-state index is -0.466. The van der Waals surface area contributed by atoms with Gasteiger partial charge in [0.15, 0.2) is 0 Å². The Bertz CT molecular complexity index is 856. The highest BCUT2D eigenvalue weighted by Gasteiger charge is 2.28. The number of nitrogens with zero attached hydrogens (tertiary/aromatic N) is 1. The molecule has 196 valence electrons. The van der Waals surface area contributed by atoms with Crippen molar-refractivity contribution in [3.8, 4) is 11.5 Å². The monoisotopic (exact) mass is 524 g/mol. The standard InChI is InChI=1S/C28H40N2O3.2ClH/c1-32-27-7-4-5-22(19-27)9-10-25-6-2-3-8-28(25)33-21-26(31)20-30-17-13-24(14-18-30)23-11-15-29-16-12-23;;/h2-8,19,23-24,26,29,31H,9-18,20-21H2,1H3;2*1H. The Morgan fingerprint density at radius 2 is 1.66 bits per heavy atom. The van der Waals surface area contributed by atoms with Crippen LogP contribution in [0.15, 0.2) is 48.5 Å². The van der Waals surface area contributed by atoms with E-state index in [0.29, 0.717) is 13.2 Å². The maximum atomic E-state index is 10.6. The van der Waals surface area contributed by atoms with Gasteiger partial charge in [-0.1, -0.05) is 30.3 Å². The van der Waals surface area contributed by atoms with Crippen molar-refractivity contribution in [2.45, 2.75) is 44.6 Å². The predicted octanol–water partition coefficient (Wildman–Crippen LogP) is 4.78. The Morgan fingerprint density at radius 1 is 0.943 bits per heavy atom. The Labute approximate surface area is 223 Å². The highest BCUT2D eigenvalue weighted by Crippen LogP contribution is 2.30. The van der Waals surface area contributed by atoms with Gasteiger partial charge in [0.1, 0.15) is 24.2 Å². The van der Waals surface area contributed by atoms with Crippen LogP contribution in [0.2, 0.25) is 0 Å². The summed E-state index contributed by atoms with van der Waals surface area (Å²) in [6, 6.07) is 16.4. The van der Waals surface area contributed by atoms with Crippen molar-refractivity contribution in [3.05, 3.63) is 59.7 Å². The van der Waals surface area contributed by atoms with Crippen LogP contribution in [0, 0.1) is 11.8 Å². The molecule has 0 amide bonds. The maximum absolute atomic E-state index is 10.6. The molecule has 5 nitrogen and oxygen atoms in total. The van der Waals surface area contributed by atoms with Crippen molar-refractivity contribution in [1.29, 1.82) is 0 Å². The third-order valence-corrected chi connectivity index (χ3v) is 7.37. The molecule has 2 aromatic rings. The molecule has 2 aliphatic rings. The molecule has 7 heteroatoms. The number of ether oxygens (including phenoxy) is 2. The molecular formula is C28H42Cl2N2O3. The number of aliphatic hydroxyl groups excluding tert-OH is 1. The van der Waals surface area contributed by atoms with Crippen LogP contribution in [0.5, 0.6) is 11.5 Å². The number of hydrogen-bond donors (Lipinski definition) is 2. The number of halogens is 2. The smallest absolute Gasteiger partial charge is 0.122 e. The van der Waals surface area contributed by atoms with Gasteiger partial charge in [-0.25, -0.2) is 0 Å². The molecular weight excluding hydrogens is 483 g/mol. The highest BCUT2D eigenvalue weighted by molar-refractivity contribution is 5.85. The molecule has 0 aromatic heterocycles. The average Bonchev–Trinajstić information content (AvgIpc) is 2.88. The zero-order chi connectivity index (χ0) is 22.9. The molecule has 4 rings (SSSR count). The number of methoxy groups -OCH3 is 1. The molecule has 2 fully saturated rings. The second-order valence-electron chi connectivity index (χ2n) is 9.65. The fourth-order valence-corrected chi connectivity index (χ4v) is 5.42. The van der Waals surface area contributed by atoms with E-state index in [2.05, 4.69) is 34.5 Å². The summed E-state index contributed by atoms with van der Waals surface area (Å²) < 4.78 is 11.4. The van der Waals surface area contributed by atoms with Crippen LogP contribution in [0.4, 0.5) is 0 Å². The fraction of sp³-hybridized carbons (Fsp3) is 0.571. The van der Waals surface area contributed by atoms with Crippen LogP contribution in [0.1, 0.15) is 36.8 Å². The van der Waals surface area contributed by atoms with Gasteiger partial charge in [0.05, 0.1) is 7.11 Å². The minimum Gasteiger partial charge on any atom is -0.497 e. The molecule has 35 heavy (non-hydrogen) atoms. The first-order valence-electron chi connectivity index (χ1n) is 12.7. The number of hydrogen-bond acceptors (Lipinski definition) is 5. The van der Waals surface area contributed by atoms with E-state index in [1.54, 1.807) is 7.11 Å². The van der Waals surface area contributed by atoms with Gasteiger partial charge >= 0.3 is 0 Å². The van der Waals surface area contributed by atoms with E-state index in [9.17, 15) is 5.11 Å². The number of nitrogens with one attached hydrogen (secondary N) is 1. The molecule has 2 saturated heterocycles. The highest BCUT2D eigenvalue weighted by atomic mass is 35.5. The molecule has 0 spiro atoms. The molecule has 0 bridgehead atoms. The summed E-state index contributed by atoms with van der Waals surface area (Å²) in [6.07, 6.45) is 6.55. The summed E-state index contributed by atoms with van der Waals surface area (Å²) in [5, 5.41) is 14.1. The Balaban J connectivity index is 0.00000216. The molecule has 2 heterocycles. The zero-order valence-electron chi connectivity index (χ0n) is 20.9. The number of para-hydroxylation sites is 1. The zero-order valence-corrected chi connectivity index (χ0v) is 22.5. The van der Waals surface area contributed by atoms with Gasteiger partial charge in [0.25, 0.3) is 0 Å². The summed E-state index contributed by atoms with van der Waals surface area (Å²) in [5.74, 6) is 3.53. The lowest BCUT2D eigenvalue weighted by Gasteiger charge is -2.38. The third kappa shape index (κ3) is 9.14. The first-order chi connectivity index (χ1) is 16.2. The lowest BCUT2D eigenvalue weighted by atomic mass is 9.79. The third-order valence-electron chi connectivity index (χ3n) is 7.37. The molecule has 0 radical (unpaired) electrons. The summed E-state index contributed by atoms with van der Waals surface area (Å²) in [4.78, 5) is 2.42. The Morgan fingerprint density at radius 3 is 2.40 bits per heavy atom. The van der Waals surface area contributed by atoms with E-state index in [-0.39, 0.29) is 24.8 Å². The van der Waals surface area contributed by atoms with Gasteiger partial charge in [-0.3, -0.25) is 0 Å². The van der Waals surface area contributed by atoms with Crippen LogP contribution in [-0.2, 0) is 12.8 Å².